The van der Waals surface area contributed by atoms with E-state index in [1.165, 1.54) is 11.3 Å². The molecule has 0 spiro atoms. The summed E-state index contributed by atoms with van der Waals surface area (Å²) in [5, 5.41) is 12.0. The Morgan fingerprint density at radius 2 is 2.00 bits per heavy atom. The van der Waals surface area contributed by atoms with Crippen molar-refractivity contribution in [2.45, 2.75) is 19.9 Å². The average molecular weight is 384 g/mol. The van der Waals surface area contributed by atoms with Crippen molar-refractivity contribution in [3.8, 4) is 0 Å². The summed E-state index contributed by atoms with van der Waals surface area (Å²) in [6, 6.07) is 8.57. The minimum absolute atomic E-state index is 0.510. The maximum absolute atomic E-state index is 5.44. The van der Waals surface area contributed by atoms with Crippen molar-refractivity contribution in [2.75, 3.05) is 50.8 Å². The van der Waals surface area contributed by atoms with Crippen LogP contribution in [0.1, 0.15) is 17.2 Å². The highest BCUT2D eigenvalue weighted by atomic mass is 16.5. The number of fused-ring (bicyclic) bond motifs is 1. The second kappa shape index (κ2) is 8.70. The third-order valence-corrected chi connectivity index (χ3v) is 5.51. The molecule has 0 bridgehead atoms. The zero-order valence-electron chi connectivity index (χ0n) is 16.8. The Morgan fingerprint density at radius 3 is 2.79 bits per heavy atom. The average Bonchev–Trinajstić information content (AvgIpc) is 3.29. The molecule has 0 amide bonds. The van der Waals surface area contributed by atoms with Crippen molar-refractivity contribution >= 4 is 11.6 Å². The highest BCUT2D eigenvalue weighted by Crippen LogP contribution is 2.27. The summed E-state index contributed by atoms with van der Waals surface area (Å²) in [4.78, 5) is 9.61. The first kappa shape index (κ1) is 18.9. The third kappa shape index (κ3) is 4.18. The first-order valence-corrected chi connectivity index (χ1v) is 10.0. The van der Waals surface area contributed by atoms with Crippen molar-refractivity contribution < 1.29 is 4.74 Å². The van der Waals surface area contributed by atoms with Crippen LogP contribution in [-0.2, 0) is 24.8 Å². The van der Waals surface area contributed by atoms with Gasteiger partial charge in [0.2, 0.25) is 0 Å². The lowest BCUT2D eigenvalue weighted by atomic mass is 10.2. The molecule has 1 fully saturated rings. The number of aromatic nitrogens is 3. The molecule has 1 saturated heterocycles. The van der Waals surface area contributed by atoms with Crippen LogP contribution in [0, 0.1) is 6.92 Å². The van der Waals surface area contributed by atoms with Gasteiger partial charge in [-0.15, -0.1) is 10.2 Å². The highest BCUT2D eigenvalue weighted by molar-refractivity contribution is 5.97. The SMILES string of the molecule is Cc1nnc(CN=C(NCCN2CCOCC2)N2CCc3ccccc32)n1C. The van der Waals surface area contributed by atoms with Gasteiger partial charge in [-0.1, -0.05) is 18.2 Å². The summed E-state index contributed by atoms with van der Waals surface area (Å²) in [6.07, 6.45) is 1.05. The Morgan fingerprint density at radius 1 is 1.18 bits per heavy atom. The quantitative estimate of drug-likeness (QED) is 0.613. The zero-order valence-corrected chi connectivity index (χ0v) is 16.8. The Labute approximate surface area is 166 Å². The van der Waals surface area contributed by atoms with E-state index in [2.05, 4.69) is 49.6 Å². The van der Waals surface area contributed by atoms with Crippen LogP contribution in [0.4, 0.5) is 5.69 Å². The smallest absolute Gasteiger partial charge is 0.199 e. The number of benzene rings is 1. The molecular formula is C20H29N7O. The topological polar surface area (TPSA) is 70.8 Å². The predicted octanol–water partition coefficient (Wildman–Crippen LogP) is 0.964. The molecule has 2 aliphatic heterocycles. The molecular weight excluding hydrogens is 354 g/mol. The van der Waals surface area contributed by atoms with E-state index in [0.717, 1.165) is 70.0 Å². The van der Waals surface area contributed by atoms with Crippen LogP contribution in [-0.4, -0.2) is 71.6 Å². The molecule has 0 aliphatic carbocycles. The number of nitrogens with one attached hydrogen (secondary N) is 1. The summed E-state index contributed by atoms with van der Waals surface area (Å²) in [5.74, 6) is 2.69. The maximum atomic E-state index is 5.44. The molecule has 0 radical (unpaired) electrons. The summed E-state index contributed by atoms with van der Waals surface area (Å²) >= 11 is 0. The minimum Gasteiger partial charge on any atom is -0.379 e. The standard InChI is InChI=1S/C20H29N7O/c1-16-23-24-19(25(16)2)15-22-20(21-8-10-26-11-13-28-14-12-26)27-9-7-17-5-3-4-6-18(17)27/h3-6H,7-15H2,1-2H3,(H,21,22). The molecule has 3 heterocycles. The Bertz CT molecular complexity index is 826. The normalized spacial score (nSPS) is 17.8. The predicted molar refractivity (Wildman–Crippen MR) is 110 cm³/mol. The van der Waals surface area contributed by atoms with E-state index >= 15 is 0 Å². The minimum atomic E-state index is 0.510. The van der Waals surface area contributed by atoms with E-state index in [4.69, 9.17) is 9.73 Å². The first-order valence-electron chi connectivity index (χ1n) is 10.0. The molecule has 0 atom stereocenters. The fourth-order valence-electron chi connectivity index (χ4n) is 3.68. The highest BCUT2D eigenvalue weighted by Gasteiger charge is 2.23. The molecule has 4 rings (SSSR count). The molecule has 2 aliphatic rings. The van der Waals surface area contributed by atoms with Crippen LogP contribution < -0.4 is 10.2 Å². The molecule has 1 N–H and O–H groups in total. The Kier molecular flexibility index (Phi) is 5.87. The van der Waals surface area contributed by atoms with Gasteiger partial charge >= 0.3 is 0 Å². The van der Waals surface area contributed by atoms with Gasteiger partial charge in [-0.2, -0.15) is 0 Å². The molecule has 0 unspecified atom stereocenters. The maximum Gasteiger partial charge on any atom is 0.199 e. The summed E-state index contributed by atoms with van der Waals surface area (Å²) < 4.78 is 7.43. The molecule has 2 aromatic rings. The summed E-state index contributed by atoms with van der Waals surface area (Å²) in [5.41, 5.74) is 2.62. The lowest BCUT2D eigenvalue weighted by molar-refractivity contribution is 0.0389. The molecule has 150 valence electrons. The van der Waals surface area contributed by atoms with Crippen LogP contribution >= 0.6 is 0 Å². The van der Waals surface area contributed by atoms with Crippen LogP contribution in [0.3, 0.4) is 0 Å². The molecule has 8 nitrogen and oxygen atoms in total. The number of ether oxygens (including phenoxy) is 1. The van der Waals surface area contributed by atoms with Gasteiger partial charge in [-0.05, 0) is 25.0 Å². The van der Waals surface area contributed by atoms with Gasteiger partial charge in [0.1, 0.15) is 12.4 Å². The van der Waals surface area contributed by atoms with Gasteiger partial charge in [0.25, 0.3) is 0 Å². The van der Waals surface area contributed by atoms with Crippen molar-refractivity contribution in [1.29, 1.82) is 0 Å². The van der Waals surface area contributed by atoms with Crippen molar-refractivity contribution in [3.63, 3.8) is 0 Å². The molecule has 8 heteroatoms. The number of aliphatic imine (C=N–C) groups is 1. The summed E-state index contributed by atoms with van der Waals surface area (Å²) in [6.45, 7) is 8.90. The van der Waals surface area contributed by atoms with E-state index in [-0.39, 0.29) is 0 Å². The molecule has 1 aromatic heterocycles. The number of nitrogens with zero attached hydrogens (tertiary/aromatic N) is 6. The number of aryl methyl sites for hydroxylation is 1. The number of para-hydroxylation sites is 1. The monoisotopic (exact) mass is 383 g/mol. The van der Waals surface area contributed by atoms with E-state index in [1.54, 1.807) is 0 Å². The van der Waals surface area contributed by atoms with E-state index in [1.807, 2.05) is 18.5 Å². The van der Waals surface area contributed by atoms with Crippen molar-refractivity contribution in [3.05, 3.63) is 41.5 Å². The molecule has 28 heavy (non-hydrogen) atoms. The van der Waals surface area contributed by atoms with Crippen molar-refractivity contribution in [2.24, 2.45) is 12.0 Å². The van der Waals surface area contributed by atoms with E-state index in [0.29, 0.717) is 6.54 Å². The lowest BCUT2D eigenvalue weighted by Crippen LogP contribution is -2.45. The van der Waals surface area contributed by atoms with Crippen LogP contribution in [0.5, 0.6) is 0 Å². The second-order valence-electron chi connectivity index (χ2n) is 7.27. The van der Waals surface area contributed by atoms with Crippen molar-refractivity contribution in [1.82, 2.24) is 25.0 Å². The first-order chi connectivity index (χ1) is 13.7. The third-order valence-electron chi connectivity index (χ3n) is 5.51. The fourth-order valence-corrected chi connectivity index (χ4v) is 3.68. The zero-order chi connectivity index (χ0) is 19.3. The second-order valence-corrected chi connectivity index (χ2v) is 7.27. The molecule has 0 saturated carbocycles. The van der Waals surface area contributed by atoms with Gasteiger partial charge in [-0.3, -0.25) is 4.90 Å². The number of hydrogen-bond donors (Lipinski definition) is 1. The van der Waals surface area contributed by atoms with Gasteiger partial charge < -0.3 is 19.5 Å². The van der Waals surface area contributed by atoms with Crippen LogP contribution in [0.15, 0.2) is 29.3 Å². The van der Waals surface area contributed by atoms with Crippen LogP contribution in [0.2, 0.25) is 0 Å². The van der Waals surface area contributed by atoms with Gasteiger partial charge in [0.15, 0.2) is 11.8 Å². The number of rotatable bonds is 5. The number of hydrogen-bond acceptors (Lipinski definition) is 5. The van der Waals surface area contributed by atoms with E-state index < -0.39 is 0 Å². The van der Waals surface area contributed by atoms with E-state index in [9.17, 15) is 0 Å². The fraction of sp³-hybridized carbons (Fsp3) is 0.550. The molecule has 1 aromatic carbocycles. The largest absolute Gasteiger partial charge is 0.379 e. The Balaban J connectivity index is 1.47. The lowest BCUT2D eigenvalue weighted by Gasteiger charge is -2.28. The van der Waals surface area contributed by atoms with Gasteiger partial charge in [0, 0.05) is 45.5 Å². The van der Waals surface area contributed by atoms with Crippen LogP contribution in [0.25, 0.3) is 0 Å². The number of anilines is 1. The van der Waals surface area contributed by atoms with Gasteiger partial charge in [-0.25, -0.2) is 4.99 Å². The Hall–Kier alpha value is -2.45. The van der Waals surface area contributed by atoms with Gasteiger partial charge in [0.05, 0.1) is 13.2 Å². The number of guanidine groups is 1. The number of morpholine rings is 1. The summed E-state index contributed by atoms with van der Waals surface area (Å²) in [7, 11) is 1.98.